The highest BCUT2D eigenvalue weighted by molar-refractivity contribution is 5.87. The van der Waals surface area contributed by atoms with E-state index >= 15 is 0 Å². The van der Waals surface area contributed by atoms with Gasteiger partial charge in [0.05, 0.1) is 7.11 Å². The minimum Gasteiger partial charge on any atom is -0.467 e. The molecule has 0 bridgehead atoms. The molecule has 1 fully saturated rings. The Hall–Kier alpha value is -3.26. The Morgan fingerprint density at radius 3 is 2.21 bits per heavy atom. The summed E-state index contributed by atoms with van der Waals surface area (Å²) in [6.07, 6.45) is 5.50. The van der Waals surface area contributed by atoms with Crippen molar-refractivity contribution in [1.82, 2.24) is 5.32 Å². The first-order chi connectivity index (χ1) is 13.6. The fourth-order valence-electron chi connectivity index (χ4n) is 4.24. The number of hydrogen-bond acceptors (Lipinski definition) is 4. The van der Waals surface area contributed by atoms with Crippen LogP contribution in [-0.4, -0.2) is 31.3 Å². The Kier molecular flexibility index (Phi) is 4.56. The van der Waals surface area contributed by atoms with Gasteiger partial charge in [-0.1, -0.05) is 48.5 Å². The summed E-state index contributed by atoms with van der Waals surface area (Å²) in [7, 11) is 1.30. The third-order valence-electron chi connectivity index (χ3n) is 5.69. The summed E-state index contributed by atoms with van der Waals surface area (Å²) in [4.78, 5) is 24.6. The highest BCUT2D eigenvalue weighted by Gasteiger charge is 2.52. The van der Waals surface area contributed by atoms with Gasteiger partial charge in [0.25, 0.3) is 0 Å². The Labute approximate surface area is 164 Å². The molecule has 2 aliphatic rings. The molecule has 4 rings (SSSR count). The second kappa shape index (κ2) is 7.05. The third kappa shape index (κ3) is 2.91. The van der Waals surface area contributed by atoms with Crippen LogP contribution in [0.1, 0.15) is 29.9 Å². The van der Waals surface area contributed by atoms with Gasteiger partial charge in [-0.2, -0.15) is 0 Å². The third-order valence-corrected chi connectivity index (χ3v) is 5.69. The molecular formula is C23H21NO4. The Bertz CT molecular complexity index is 923. The molecule has 0 aromatic heterocycles. The van der Waals surface area contributed by atoms with E-state index in [1.165, 1.54) is 7.11 Å². The van der Waals surface area contributed by atoms with Crippen molar-refractivity contribution in [2.75, 3.05) is 13.7 Å². The van der Waals surface area contributed by atoms with Gasteiger partial charge in [-0.15, -0.1) is 12.3 Å². The van der Waals surface area contributed by atoms with Crippen LogP contribution in [0, 0.1) is 18.3 Å². The van der Waals surface area contributed by atoms with Crippen LogP contribution >= 0.6 is 0 Å². The van der Waals surface area contributed by atoms with Crippen LogP contribution in [0.2, 0.25) is 0 Å². The molecule has 0 saturated heterocycles. The molecule has 1 amide bonds. The summed E-state index contributed by atoms with van der Waals surface area (Å²) in [5, 5.41) is 2.69. The number of methoxy groups -OCH3 is 1. The first-order valence-corrected chi connectivity index (χ1v) is 9.25. The first kappa shape index (κ1) is 18.1. The van der Waals surface area contributed by atoms with Crippen LogP contribution in [0.3, 0.4) is 0 Å². The van der Waals surface area contributed by atoms with E-state index < -0.39 is 17.6 Å². The largest absolute Gasteiger partial charge is 0.467 e. The van der Waals surface area contributed by atoms with E-state index in [-0.39, 0.29) is 18.4 Å². The summed E-state index contributed by atoms with van der Waals surface area (Å²) in [6, 6.07) is 16.2. The fraction of sp³-hybridized carbons (Fsp3) is 0.304. The molecule has 0 radical (unpaired) electrons. The lowest BCUT2D eigenvalue weighted by Crippen LogP contribution is -2.62. The summed E-state index contributed by atoms with van der Waals surface area (Å²) >= 11 is 0. The molecule has 0 aliphatic heterocycles. The van der Waals surface area contributed by atoms with Crippen molar-refractivity contribution in [2.24, 2.45) is 5.92 Å². The van der Waals surface area contributed by atoms with Crippen LogP contribution in [-0.2, 0) is 14.3 Å². The molecule has 0 spiro atoms. The molecule has 0 atom stereocenters. The first-order valence-electron chi connectivity index (χ1n) is 9.25. The fourth-order valence-corrected chi connectivity index (χ4v) is 4.24. The van der Waals surface area contributed by atoms with Crippen molar-refractivity contribution in [1.29, 1.82) is 0 Å². The number of amides is 1. The van der Waals surface area contributed by atoms with Gasteiger partial charge in [-0.05, 0) is 35.1 Å². The molecule has 28 heavy (non-hydrogen) atoms. The zero-order valence-corrected chi connectivity index (χ0v) is 15.6. The predicted molar refractivity (Wildman–Crippen MR) is 105 cm³/mol. The number of carbonyl (C=O) groups is 2. The number of hydrogen-bond donors (Lipinski definition) is 1. The topological polar surface area (TPSA) is 64.6 Å². The smallest absolute Gasteiger partial charge is 0.408 e. The lowest BCUT2D eigenvalue weighted by atomic mass is 9.68. The SMILES string of the molecule is C#CC1CC(NC(=O)OCC2c3ccccc3-c3ccccc32)(C(=O)OC)C1. The predicted octanol–water partition coefficient (Wildman–Crippen LogP) is 3.48. The van der Waals surface area contributed by atoms with E-state index in [0.29, 0.717) is 12.8 Å². The summed E-state index contributed by atoms with van der Waals surface area (Å²) in [5.41, 5.74) is 3.50. The molecule has 5 nitrogen and oxygen atoms in total. The number of rotatable bonds is 4. The van der Waals surface area contributed by atoms with E-state index in [0.717, 1.165) is 22.3 Å². The summed E-state index contributed by atoms with van der Waals surface area (Å²) < 4.78 is 10.4. The monoisotopic (exact) mass is 375 g/mol. The number of carbonyl (C=O) groups excluding carboxylic acids is 2. The van der Waals surface area contributed by atoms with E-state index in [4.69, 9.17) is 15.9 Å². The summed E-state index contributed by atoms with van der Waals surface area (Å²) in [5.74, 6) is 2.03. The zero-order valence-electron chi connectivity index (χ0n) is 15.6. The minimum atomic E-state index is -1.09. The number of terminal acetylenes is 1. The van der Waals surface area contributed by atoms with E-state index in [9.17, 15) is 9.59 Å². The standard InChI is InChI=1S/C23H21NO4/c1-3-15-12-23(13-15,21(25)27-2)24-22(26)28-14-20-18-10-6-4-8-16(18)17-9-5-7-11-19(17)20/h1,4-11,15,20H,12-14H2,2H3,(H,24,26). The van der Waals surface area contributed by atoms with Gasteiger partial charge in [0.2, 0.25) is 0 Å². The molecule has 0 heterocycles. The molecule has 1 saturated carbocycles. The highest BCUT2D eigenvalue weighted by Crippen LogP contribution is 2.44. The van der Waals surface area contributed by atoms with Crippen molar-refractivity contribution in [2.45, 2.75) is 24.3 Å². The van der Waals surface area contributed by atoms with Gasteiger partial charge in [0.15, 0.2) is 0 Å². The van der Waals surface area contributed by atoms with Crippen molar-refractivity contribution in [3.05, 3.63) is 59.7 Å². The molecular weight excluding hydrogens is 354 g/mol. The Balaban J connectivity index is 1.47. The van der Waals surface area contributed by atoms with Crippen LogP contribution in [0.4, 0.5) is 4.79 Å². The molecule has 2 aromatic carbocycles. The average molecular weight is 375 g/mol. The van der Waals surface area contributed by atoms with Gasteiger partial charge in [-0.3, -0.25) is 0 Å². The number of ether oxygens (including phenoxy) is 2. The van der Waals surface area contributed by atoms with E-state index in [1.54, 1.807) is 0 Å². The van der Waals surface area contributed by atoms with Gasteiger partial charge < -0.3 is 14.8 Å². The van der Waals surface area contributed by atoms with Crippen LogP contribution in [0.15, 0.2) is 48.5 Å². The highest BCUT2D eigenvalue weighted by atomic mass is 16.6. The Morgan fingerprint density at radius 2 is 1.68 bits per heavy atom. The minimum absolute atomic E-state index is 0.0351. The molecule has 2 aromatic rings. The van der Waals surface area contributed by atoms with Gasteiger partial charge >= 0.3 is 12.1 Å². The maximum Gasteiger partial charge on any atom is 0.408 e. The van der Waals surface area contributed by atoms with Crippen LogP contribution in [0.25, 0.3) is 11.1 Å². The van der Waals surface area contributed by atoms with Gasteiger partial charge in [0.1, 0.15) is 12.1 Å². The lowest BCUT2D eigenvalue weighted by molar-refractivity contribution is -0.153. The number of nitrogens with one attached hydrogen (secondary N) is 1. The second-order valence-electron chi connectivity index (χ2n) is 7.30. The van der Waals surface area contributed by atoms with Crippen molar-refractivity contribution in [3.8, 4) is 23.5 Å². The van der Waals surface area contributed by atoms with Crippen molar-refractivity contribution < 1.29 is 19.1 Å². The molecule has 142 valence electrons. The zero-order chi connectivity index (χ0) is 19.7. The number of fused-ring (bicyclic) bond motifs is 3. The molecule has 0 unspecified atom stereocenters. The normalized spacial score (nSPS) is 22.2. The number of esters is 1. The molecule has 1 N–H and O–H groups in total. The molecule has 2 aliphatic carbocycles. The van der Waals surface area contributed by atoms with Gasteiger partial charge in [-0.25, -0.2) is 9.59 Å². The van der Waals surface area contributed by atoms with Crippen molar-refractivity contribution in [3.63, 3.8) is 0 Å². The quantitative estimate of drug-likeness (QED) is 0.656. The van der Waals surface area contributed by atoms with E-state index in [2.05, 4.69) is 35.5 Å². The van der Waals surface area contributed by atoms with Crippen LogP contribution < -0.4 is 5.32 Å². The molecule has 5 heteroatoms. The van der Waals surface area contributed by atoms with Crippen molar-refractivity contribution >= 4 is 12.1 Å². The average Bonchev–Trinajstić information content (AvgIpc) is 3.02. The number of benzene rings is 2. The lowest BCUT2D eigenvalue weighted by Gasteiger charge is -2.42. The maximum absolute atomic E-state index is 12.5. The Morgan fingerprint density at radius 1 is 1.11 bits per heavy atom. The second-order valence-corrected chi connectivity index (χ2v) is 7.30. The van der Waals surface area contributed by atoms with Gasteiger partial charge in [0, 0.05) is 11.8 Å². The van der Waals surface area contributed by atoms with E-state index in [1.807, 2.05) is 24.3 Å². The number of alkyl carbamates (subject to hydrolysis) is 1. The summed E-state index contributed by atoms with van der Waals surface area (Å²) in [6.45, 7) is 0.190. The maximum atomic E-state index is 12.5. The van der Waals surface area contributed by atoms with Crippen LogP contribution in [0.5, 0.6) is 0 Å².